The van der Waals surface area contributed by atoms with Crippen molar-refractivity contribution in [3.63, 3.8) is 0 Å². The number of nitrogens with one attached hydrogen (secondary N) is 1. The Balaban J connectivity index is 2.72. The summed E-state index contributed by atoms with van der Waals surface area (Å²) in [5.74, 6) is 1.08. The summed E-state index contributed by atoms with van der Waals surface area (Å²) in [5.41, 5.74) is 1.24. The second-order valence-corrected chi connectivity index (χ2v) is 2.99. The molecule has 0 aromatic carbocycles. The summed E-state index contributed by atoms with van der Waals surface area (Å²) in [7, 11) is 0. The first-order valence-electron chi connectivity index (χ1n) is 4.57. The summed E-state index contributed by atoms with van der Waals surface area (Å²) in [6.07, 6.45) is 2.83. The first-order chi connectivity index (χ1) is 5.79. The topological polar surface area (TPSA) is 25.2 Å². The number of rotatable bonds is 4. The van der Waals surface area contributed by atoms with E-state index in [1.165, 1.54) is 5.56 Å². The van der Waals surface area contributed by atoms with Gasteiger partial charge in [0.15, 0.2) is 0 Å². The van der Waals surface area contributed by atoms with Crippen molar-refractivity contribution >= 4 is 0 Å². The van der Waals surface area contributed by atoms with Gasteiger partial charge in [0.1, 0.15) is 5.76 Å². The molecule has 0 aliphatic heterocycles. The smallest absolute Gasteiger partial charge is 0.123 e. The Morgan fingerprint density at radius 1 is 1.50 bits per heavy atom. The van der Waals surface area contributed by atoms with Crippen LogP contribution in [-0.4, -0.2) is 6.54 Å². The molecular weight excluding hydrogens is 150 g/mol. The Labute approximate surface area is 74.0 Å². The highest BCUT2D eigenvalue weighted by Gasteiger charge is 2.12. The van der Waals surface area contributed by atoms with E-state index in [1.54, 1.807) is 6.26 Å². The molecule has 0 amide bonds. The Morgan fingerprint density at radius 2 is 2.25 bits per heavy atom. The van der Waals surface area contributed by atoms with Gasteiger partial charge in [-0.15, -0.1) is 0 Å². The Hall–Kier alpha value is -0.760. The number of aryl methyl sites for hydroxylation is 1. The van der Waals surface area contributed by atoms with Crippen molar-refractivity contribution in [3.05, 3.63) is 23.7 Å². The van der Waals surface area contributed by atoms with E-state index < -0.39 is 0 Å². The van der Waals surface area contributed by atoms with Crippen LogP contribution in [-0.2, 0) is 0 Å². The average Bonchev–Trinajstić information content (AvgIpc) is 2.47. The first-order valence-corrected chi connectivity index (χ1v) is 4.57. The van der Waals surface area contributed by atoms with Crippen LogP contribution in [0.25, 0.3) is 0 Å². The van der Waals surface area contributed by atoms with E-state index in [4.69, 9.17) is 4.42 Å². The minimum atomic E-state index is 0.380. The van der Waals surface area contributed by atoms with Crippen LogP contribution < -0.4 is 5.32 Å². The number of hydrogen-bond donors (Lipinski definition) is 1. The highest BCUT2D eigenvalue weighted by molar-refractivity contribution is 5.17. The number of hydrogen-bond acceptors (Lipinski definition) is 2. The lowest BCUT2D eigenvalue weighted by atomic mass is 10.1. The molecule has 1 aromatic heterocycles. The lowest BCUT2D eigenvalue weighted by Gasteiger charge is -2.13. The summed E-state index contributed by atoms with van der Waals surface area (Å²) < 4.78 is 5.41. The Bertz CT molecular complexity index is 229. The van der Waals surface area contributed by atoms with Crippen molar-refractivity contribution in [2.45, 2.75) is 33.2 Å². The van der Waals surface area contributed by atoms with Gasteiger partial charge in [-0.2, -0.15) is 0 Å². The minimum absolute atomic E-state index is 0.380. The van der Waals surface area contributed by atoms with Gasteiger partial charge in [-0.25, -0.2) is 0 Å². The van der Waals surface area contributed by atoms with Gasteiger partial charge >= 0.3 is 0 Å². The van der Waals surface area contributed by atoms with E-state index in [-0.39, 0.29) is 0 Å². The van der Waals surface area contributed by atoms with Gasteiger partial charge in [0.25, 0.3) is 0 Å². The van der Waals surface area contributed by atoms with Crippen LogP contribution >= 0.6 is 0 Å². The Morgan fingerprint density at radius 3 is 2.67 bits per heavy atom. The molecule has 1 unspecified atom stereocenters. The molecular formula is C10H17NO. The molecule has 0 saturated carbocycles. The summed E-state index contributed by atoms with van der Waals surface area (Å²) in [4.78, 5) is 0. The lowest BCUT2D eigenvalue weighted by molar-refractivity contribution is 0.408. The van der Waals surface area contributed by atoms with Crippen LogP contribution in [0.3, 0.4) is 0 Å². The summed E-state index contributed by atoms with van der Waals surface area (Å²) in [5, 5.41) is 3.38. The van der Waals surface area contributed by atoms with Gasteiger partial charge in [0, 0.05) is 0 Å². The highest BCUT2D eigenvalue weighted by atomic mass is 16.3. The maximum absolute atomic E-state index is 5.41. The molecule has 1 rings (SSSR count). The van der Waals surface area contributed by atoms with Crippen LogP contribution in [0, 0.1) is 6.92 Å². The van der Waals surface area contributed by atoms with Crippen molar-refractivity contribution in [3.8, 4) is 0 Å². The molecule has 0 spiro atoms. The van der Waals surface area contributed by atoms with E-state index in [2.05, 4.69) is 26.1 Å². The van der Waals surface area contributed by atoms with Gasteiger partial charge in [-0.3, -0.25) is 0 Å². The average molecular weight is 167 g/mol. The van der Waals surface area contributed by atoms with Gasteiger partial charge in [0.05, 0.1) is 12.3 Å². The Kier molecular flexibility index (Phi) is 3.35. The van der Waals surface area contributed by atoms with Crippen LogP contribution in [0.2, 0.25) is 0 Å². The van der Waals surface area contributed by atoms with Crippen LogP contribution in [0.1, 0.15) is 37.6 Å². The number of furan rings is 1. The first kappa shape index (κ1) is 9.33. The van der Waals surface area contributed by atoms with E-state index in [0.29, 0.717) is 6.04 Å². The fourth-order valence-electron chi connectivity index (χ4n) is 1.41. The highest BCUT2D eigenvalue weighted by Crippen LogP contribution is 2.20. The molecule has 1 heterocycles. The van der Waals surface area contributed by atoms with Crippen molar-refractivity contribution in [2.75, 3.05) is 6.54 Å². The monoisotopic (exact) mass is 167 g/mol. The predicted molar refractivity (Wildman–Crippen MR) is 50.2 cm³/mol. The van der Waals surface area contributed by atoms with E-state index in [1.807, 2.05) is 6.07 Å². The molecule has 2 nitrogen and oxygen atoms in total. The molecule has 1 atom stereocenters. The van der Waals surface area contributed by atoms with Gasteiger partial charge in [-0.05, 0) is 31.5 Å². The maximum Gasteiger partial charge on any atom is 0.123 e. The molecule has 0 aliphatic rings. The quantitative estimate of drug-likeness (QED) is 0.745. The lowest BCUT2D eigenvalue weighted by Crippen LogP contribution is -2.20. The largest absolute Gasteiger partial charge is 0.467 e. The zero-order chi connectivity index (χ0) is 8.97. The standard InChI is InChI=1S/C10H17NO/c1-4-9(11-5-2)10-8(3)6-7-12-10/h6-7,9,11H,4-5H2,1-3H3. The van der Waals surface area contributed by atoms with Crippen LogP contribution in [0.15, 0.2) is 16.7 Å². The van der Waals surface area contributed by atoms with Crippen molar-refractivity contribution in [2.24, 2.45) is 0 Å². The van der Waals surface area contributed by atoms with Crippen LogP contribution in [0.5, 0.6) is 0 Å². The molecule has 0 saturated heterocycles. The third-order valence-corrected chi connectivity index (χ3v) is 2.08. The third-order valence-electron chi connectivity index (χ3n) is 2.08. The fourth-order valence-corrected chi connectivity index (χ4v) is 1.41. The van der Waals surface area contributed by atoms with E-state index in [0.717, 1.165) is 18.7 Å². The minimum Gasteiger partial charge on any atom is -0.467 e. The second-order valence-electron chi connectivity index (χ2n) is 2.99. The van der Waals surface area contributed by atoms with Crippen molar-refractivity contribution < 1.29 is 4.42 Å². The molecule has 0 radical (unpaired) electrons. The molecule has 1 N–H and O–H groups in total. The van der Waals surface area contributed by atoms with Gasteiger partial charge in [0.2, 0.25) is 0 Å². The van der Waals surface area contributed by atoms with E-state index in [9.17, 15) is 0 Å². The predicted octanol–water partition coefficient (Wildman–Crippen LogP) is 2.65. The van der Waals surface area contributed by atoms with E-state index >= 15 is 0 Å². The van der Waals surface area contributed by atoms with Gasteiger partial charge in [-0.1, -0.05) is 13.8 Å². The zero-order valence-corrected chi connectivity index (χ0v) is 8.05. The molecule has 2 heteroatoms. The molecule has 0 bridgehead atoms. The van der Waals surface area contributed by atoms with Crippen LogP contribution in [0.4, 0.5) is 0 Å². The summed E-state index contributed by atoms with van der Waals surface area (Å²) in [6.45, 7) is 7.34. The third kappa shape index (κ3) is 1.89. The van der Waals surface area contributed by atoms with Crippen molar-refractivity contribution in [1.29, 1.82) is 0 Å². The fraction of sp³-hybridized carbons (Fsp3) is 0.600. The maximum atomic E-state index is 5.41. The summed E-state index contributed by atoms with van der Waals surface area (Å²) >= 11 is 0. The summed E-state index contributed by atoms with van der Waals surface area (Å²) in [6, 6.07) is 2.39. The van der Waals surface area contributed by atoms with Crippen molar-refractivity contribution in [1.82, 2.24) is 5.32 Å². The molecule has 0 fully saturated rings. The molecule has 68 valence electrons. The second kappa shape index (κ2) is 4.31. The zero-order valence-electron chi connectivity index (χ0n) is 8.05. The SMILES string of the molecule is CCNC(CC)c1occc1C. The normalized spacial score (nSPS) is 13.2. The molecule has 0 aliphatic carbocycles. The molecule has 1 aromatic rings. The molecule has 12 heavy (non-hydrogen) atoms. The van der Waals surface area contributed by atoms with Gasteiger partial charge < -0.3 is 9.73 Å².